The van der Waals surface area contributed by atoms with Crippen LogP contribution in [0.4, 0.5) is 5.69 Å². The van der Waals surface area contributed by atoms with E-state index in [9.17, 15) is 9.59 Å². The second-order valence-corrected chi connectivity index (χ2v) is 5.71. The van der Waals surface area contributed by atoms with Crippen molar-refractivity contribution in [2.45, 2.75) is 0 Å². The molecule has 0 aliphatic rings. The van der Waals surface area contributed by atoms with E-state index in [1.165, 1.54) is 13.2 Å². The summed E-state index contributed by atoms with van der Waals surface area (Å²) in [5.41, 5.74) is 0.485. The minimum Gasteiger partial charge on any atom is -0.493 e. The van der Waals surface area contributed by atoms with Crippen molar-refractivity contribution in [1.82, 2.24) is 5.32 Å². The normalized spacial score (nSPS) is 10.0. The lowest BCUT2D eigenvalue weighted by atomic mass is 10.3. The fourth-order valence-corrected chi connectivity index (χ4v) is 2.19. The van der Waals surface area contributed by atoms with Crippen LogP contribution in [-0.2, 0) is 9.59 Å². The number of para-hydroxylation sites is 2. The largest absolute Gasteiger partial charge is 0.493 e. The zero-order valence-corrected chi connectivity index (χ0v) is 14.9. The minimum atomic E-state index is -0.435. The molecule has 6 nitrogen and oxygen atoms in total. The van der Waals surface area contributed by atoms with E-state index >= 15 is 0 Å². The topological polar surface area (TPSA) is 76.7 Å². The molecular formula is C17H16Cl2N2O4. The molecule has 2 N–H and O–H groups in total. The first-order valence-corrected chi connectivity index (χ1v) is 8.02. The van der Waals surface area contributed by atoms with Gasteiger partial charge in [-0.15, -0.1) is 0 Å². The summed E-state index contributed by atoms with van der Waals surface area (Å²) in [5.74, 6) is 0.132. The number of carbonyl (C=O) groups excluding carboxylic acids is 2. The van der Waals surface area contributed by atoms with Gasteiger partial charge in [-0.1, -0.05) is 35.3 Å². The fraction of sp³-hybridized carbons (Fsp3) is 0.176. The van der Waals surface area contributed by atoms with Gasteiger partial charge in [0.15, 0.2) is 18.1 Å². The van der Waals surface area contributed by atoms with E-state index in [1.54, 1.807) is 36.4 Å². The number of hydrogen-bond acceptors (Lipinski definition) is 4. The molecule has 2 amide bonds. The Morgan fingerprint density at radius 1 is 1.00 bits per heavy atom. The van der Waals surface area contributed by atoms with E-state index in [0.29, 0.717) is 27.2 Å². The van der Waals surface area contributed by atoms with E-state index in [0.717, 1.165) is 0 Å². The van der Waals surface area contributed by atoms with Crippen molar-refractivity contribution in [3.05, 3.63) is 52.5 Å². The van der Waals surface area contributed by atoms with Crippen LogP contribution in [0.15, 0.2) is 42.5 Å². The van der Waals surface area contributed by atoms with Gasteiger partial charge in [-0.05, 0) is 30.3 Å². The lowest BCUT2D eigenvalue weighted by Crippen LogP contribution is -2.35. The highest BCUT2D eigenvalue weighted by Crippen LogP contribution is 2.26. The van der Waals surface area contributed by atoms with Gasteiger partial charge < -0.3 is 20.1 Å². The number of anilines is 1. The molecule has 2 aromatic carbocycles. The van der Waals surface area contributed by atoms with Crippen molar-refractivity contribution in [2.24, 2.45) is 0 Å². The molecule has 0 spiro atoms. The van der Waals surface area contributed by atoms with Gasteiger partial charge in [0, 0.05) is 5.69 Å². The van der Waals surface area contributed by atoms with Gasteiger partial charge in [0.05, 0.1) is 23.7 Å². The molecule has 0 aliphatic heterocycles. The summed E-state index contributed by atoms with van der Waals surface area (Å²) >= 11 is 11.7. The monoisotopic (exact) mass is 382 g/mol. The number of methoxy groups -OCH3 is 1. The van der Waals surface area contributed by atoms with E-state index in [4.69, 9.17) is 32.7 Å². The number of hydrogen-bond donors (Lipinski definition) is 2. The van der Waals surface area contributed by atoms with Gasteiger partial charge in [-0.2, -0.15) is 0 Å². The Bertz CT molecular complexity index is 768. The summed E-state index contributed by atoms with van der Waals surface area (Å²) in [6.07, 6.45) is 0. The van der Waals surface area contributed by atoms with Gasteiger partial charge >= 0.3 is 0 Å². The SMILES string of the molecule is COc1ccccc1OCC(=O)NCC(=O)Nc1ccc(Cl)c(Cl)c1. The molecule has 0 radical (unpaired) electrons. The van der Waals surface area contributed by atoms with Crippen LogP contribution in [0.3, 0.4) is 0 Å². The highest BCUT2D eigenvalue weighted by molar-refractivity contribution is 6.42. The second kappa shape index (κ2) is 9.15. The van der Waals surface area contributed by atoms with E-state index in [-0.39, 0.29) is 13.2 Å². The quantitative estimate of drug-likeness (QED) is 0.770. The molecule has 132 valence electrons. The maximum absolute atomic E-state index is 11.8. The predicted molar refractivity (Wildman–Crippen MR) is 96.6 cm³/mol. The van der Waals surface area contributed by atoms with Crippen LogP contribution in [0.5, 0.6) is 11.5 Å². The zero-order valence-electron chi connectivity index (χ0n) is 13.3. The molecule has 0 aliphatic carbocycles. The summed E-state index contributed by atoms with van der Waals surface area (Å²) in [4.78, 5) is 23.6. The van der Waals surface area contributed by atoms with Gasteiger partial charge in [-0.3, -0.25) is 9.59 Å². The first kappa shape index (κ1) is 18.9. The fourth-order valence-electron chi connectivity index (χ4n) is 1.89. The van der Waals surface area contributed by atoms with Crippen LogP contribution in [-0.4, -0.2) is 32.1 Å². The molecule has 0 heterocycles. The summed E-state index contributed by atoms with van der Waals surface area (Å²) in [7, 11) is 1.51. The van der Waals surface area contributed by atoms with Crippen molar-refractivity contribution in [2.75, 3.05) is 25.6 Å². The molecule has 0 fully saturated rings. The number of ether oxygens (including phenoxy) is 2. The summed E-state index contributed by atoms with van der Waals surface area (Å²) in [5, 5.41) is 5.78. The van der Waals surface area contributed by atoms with Crippen molar-refractivity contribution >= 4 is 40.7 Å². The van der Waals surface area contributed by atoms with Crippen molar-refractivity contribution < 1.29 is 19.1 Å². The van der Waals surface area contributed by atoms with Crippen LogP contribution in [0.2, 0.25) is 10.0 Å². The number of benzene rings is 2. The van der Waals surface area contributed by atoms with Crippen LogP contribution in [0.1, 0.15) is 0 Å². The predicted octanol–water partition coefficient (Wildman–Crippen LogP) is 3.14. The van der Waals surface area contributed by atoms with Gasteiger partial charge in [0.2, 0.25) is 5.91 Å². The minimum absolute atomic E-state index is 0.200. The summed E-state index contributed by atoms with van der Waals surface area (Å²) < 4.78 is 10.5. The smallest absolute Gasteiger partial charge is 0.258 e. The second-order valence-electron chi connectivity index (χ2n) is 4.89. The maximum atomic E-state index is 11.8. The molecule has 0 saturated carbocycles. The Hall–Kier alpha value is -2.44. The first-order chi connectivity index (χ1) is 12.0. The summed E-state index contributed by atoms with van der Waals surface area (Å²) in [6, 6.07) is 11.7. The number of halogens is 2. The van der Waals surface area contributed by atoms with E-state index in [1.807, 2.05) is 0 Å². The maximum Gasteiger partial charge on any atom is 0.258 e. The van der Waals surface area contributed by atoms with Crippen LogP contribution >= 0.6 is 23.2 Å². The molecule has 2 rings (SSSR count). The number of carbonyl (C=O) groups is 2. The molecule has 0 saturated heterocycles. The summed E-state index contributed by atoms with van der Waals surface area (Å²) in [6.45, 7) is -0.436. The van der Waals surface area contributed by atoms with Crippen molar-refractivity contribution in [1.29, 1.82) is 0 Å². The zero-order chi connectivity index (χ0) is 18.2. The third-order valence-corrected chi connectivity index (χ3v) is 3.82. The Labute approximate surface area is 155 Å². The Balaban J connectivity index is 1.77. The highest BCUT2D eigenvalue weighted by Gasteiger charge is 2.09. The Kier molecular flexibility index (Phi) is 6.91. The molecule has 0 bridgehead atoms. The third kappa shape index (κ3) is 5.85. The van der Waals surface area contributed by atoms with Gasteiger partial charge in [0.25, 0.3) is 5.91 Å². The van der Waals surface area contributed by atoms with Gasteiger partial charge in [-0.25, -0.2) is 0 Å². The molecular weight excluding hydrogens is 367 g/mol. The van der Waals surface area contributed by atoms with Crippen LogP contribution in [0, 0.1) is 0 Å². The molecule has 0 unspecified atom stereocenters. The molecule has 25 heavy (non-hydrogen) atoms. The Morgan fingerprint density at radius 2 is 1.72 bits per heavy atom. The molecule has 2 aromatic rings. The third-order valence-electron chi connectivity index (χ3n) is 3.08. The molecule has 0 atom stereocenters. The van der Waals surface area contributed by atoms with Crippen molar-refractivity contribution in [3.63, 3.8) is 0 Å². The Morgan fingerprint density at radius 3 is 2.40 bits per heavy atom. The average Bonchev–Trinajstić information content (AvgIpc) is 2.61. The van der Waals surface area contributed by atoms with E-state index in [2.05, 4.69) is 10.6 Å². The molecule has 8 heteroatoms. The number of nitrogens with one attached hydrogen (secondary N) is 2. The molecule has 0 aromatic heterocycles. The number of rotatable bonds is 7. The van der Waals surface area contributed by atoms with E-state index < -0.39 is 11.8 Å². The first-order valence-electron chi connectivity index (χ1n) is 7.27. The van der Waals surface area contributed by atoms with Crippen molar-refractivity contribution in [3.8, 4) is 11.5 Å². The highest BCUT2D eigenvalue weighted by atomic mass is 35.5. The number of amides is 2. The van der Waals surface area contributed by atoms with Crippen LogP contribution in [0.25, 0.3) is 0 Å². The lowest BCUT2D eigenvalue weighted by molar-refractivity contribution is -0.125. The lowest BCUT2D eigenvalue weighted by Gasteiger charge is -2.11. The standard InChI is InChI=1S/C17H16Cl2N2O4/c1-24-14-4-2-3-5-15(14)25-10-17(23)20-9-16(22)21-11-6-7-12(18)13(19)8-11/h2-8H,9-10H2,1H3,(H,20,23)(H,21,22). The van der Waals surface area contributed by atoms with Crippen LogP contribution < -0.4 is 20.1 Å². The van der Waals surface area contributed by atoms with Gasteiger partial charge in [0.1, 0.15) is 0 Å². The average molecular weight is 383 g/mol.